The van der Waals surface area contributed by atoms with Gasteiger partial charge in [0.15, 0.2) is 0 Å². The van der Waals surface area contributed by atoms with Crippen LogP contribution in [0.5, 0.6) is 0 Å². The number of aliphatic hydroxyl groups excluding tert-OH is 2. The zero-order chi connectivity index (χ0) is 41.7. The van der Waals surface area contributed by atoms with Gasteiger partial charge in [-0.25, -0.2) is 0 Å². The Morgan fingerprint density at radius 1 is 0.439 bits per heavy atom. The molecule has 0 spiro atoms. The second-order valence-corrected chi connectivity index (χ2v) is 17.9. The lowest BCUT2D eigenvalue weighted by Crippen LogP contribution is -2.46. The van der Waals surface area contributed by atoms with Crippen LogP contribution in [-0.4, -0.2) is 46.9 Å². The van der Waals surface area contributed by atoms with Crippen molar-refractivity contribution >= 4 is 11.9 Å². The van der Waals surface area contributed by atoms with Gasteiger partial charge in [-0.15, -0.1) is 0 Å². The average molecular weight is 808 g/mol. The van der Waals surface area contributed by atoms with Crippen LogP contribution in [0.2, 0.25) is 0 Å². The van der Waals surface area contributed by atoms with Crippen LogP contribution in [0, 0.1) is 0 Å². The van der Waals surface area contributed by atoms with Gasteiger partial charge in [0.25, 0.3) is 0 Å². The molecule has 0 radical (unpaired) electrons. The molecule has 0 bridgehead atoms. The predicted octanol–water partition coefficient (Wildman–Crippen LogP) is 15.2. The van der Waals surface area contributed by atoms with Crippen molar-refractivity contribution in [3.63, 3.8) is 0 Å². The first-order valence-corrected chi connectivity index (χ1v) is 25.8. The molecule has 0 heterocycles. The molecule has 57 heavy (non-hydrogen) atoms. The molecular formula is C51H101NO5. The van der Waals surface area contributed by atoms with Crippen LogP contribution in [0.25, 0.3) is 0 Å². The summed E-state index contributed by atoms with van der Waals surface area (Å²) in [5.74, 6) is -0.454. The maximum atomic E-state index is 13.2. The molecule has 0 aliphatic heterocycles. The lowest BCUT2D eigenvalue weighted by Gasteiger charge is -2.24. The van der Waals surface area contributed by atoms with Gasteiger partial charge in [-0.2, -0.15) is 0 Å². The van der Waals surface area contributed by atoms with Crippen molar-refractivity contribution < 1.29 is 24.5 Å². The molecule has 0 aromatic rings. The smallest absolute Gasteiger partial charge is 0.306 e. The summed E-state index contributed by atoms with van der Waals surface area (Å²) in [6, 6.07) is -0.691. The molecule has 340 valence electrons. The Bertz CT molecular complexity index is 821. The Balaban J connectivity index is 4.43. The number of unbranched alkanes of at least 4 members (excludes halogenated alkanes) is 35. The van der Waals surface area contributed by atoms with Gasteiger partial charge in [0.2, 0.25) is 5.91 Å². The molecule has 0 saturated carbocycles. The highest BCUT2D eigenvalue weighted by Crippen LogP contribution is 2.19. The largest absolute Gasteiger partial charge is 0.462 e. The monoisotopic (exact) mass is 808 g/mol. The van der Waals surface area contributed by atoms with Crippen molar-refractivity contribution in [2.45, 2.75) is 309 Å². The third-order valence-electron chi connectivity index (χ3n) is 12.2. The normalized spacial score (nSPS) is 13.1. The van der Waals surface area contributed by atoms with Crippen molar-refractivity contribution in [1.29, 1.82) is 0 Å². The Morgan fingerprint density at radius 3 is 1.07 bits per heavy atom. The third kappa shape index (κ3) is 41.4. The number of hydrogen-bond donors (Lipinski definition) is 3. The number of amides is 1. The number of rotatable bonds is 47. The van der Waals surface area contributed by atoms with Crippen molar-refractivity contribution in [1.82, 2.24) is 5.32 Å². The number of hydrogen-bond acceptors (Lipinski definition) is 5. The molecular weight excluding hydrogens is 707 g/mol. The van der Waals surface area contributed by atoms with Crippen molar-refractivity contribution in [3.05, 3.63) is 0 Å². The summed E-state index contributed by atoms with van der Waals surface area (Å²) in [5.41, 5.74) is 0. The predicted molar refractivity (Wildman–Crippen MR) is 246 cm³/mol. The molecule has 0 aliphatic rings. The lowest BCUT2D eigenvalue weighted by molar-refractivity contribution is -0.151. The fourth-order valence-electron chi connectivity index (χ4n) is 8.26. The number of carbonyl (C=O) groups excluding carboxylic acids is 2. The van der Waals surface area contributed by atoms with E-state index in [-0.39, 0.29) is 24.9 Å². The molecule has 3 N–H and O–H groups in total. The third-order valence-corrected chi connectivity index (χ3v) is 12.2. The van der Waals surface area contributed by atoms with Crippen LogP contribution in [-0.2, 0) is 14.3 Å². The summed E-state index contributed by atoms with van der Waals surface area (Å²) in [4.78, 5) is 26.0. The highest BCUT2D eigenvalue weighted by molar-refractivity contribution is 5.77. The van der Waals surface area contributed by atoms with E-state index in [1.807, 2.05) is 0 Å². The standard InChI is InChI=1S/C51H101NO5/c1-4-7-10-13-16-19-22-23-24-25-26-29-31-34-37-40-43-49(54)48(46-53)52-50(55)45-47(42-39-36-33-30-27-20-17-14-11-8-5-2)57-51(56)44-41-38-35-32-28-21-18-15-12-9-6-3/h47-49,53-54H,4-46H2,1-3H3,(H,52,55). The number of aliphatic hydroxyl groups is 2. The number of nitrogens with one attached hydrogen (secondary N) is 1. The molecule has 0 saturated heterocycles. The van der Waals surface area contributed by atoms with Crippen LogP contribution in [0.15, 0.2) is 0 Å². The highest BCUT2D eigenvalue weighted by Gasteiger charge is 2.24. The van der Waals surface area contributed by atoms with Gasteiger partial charge in [0.05, 0.1) is 25.2 Å². The van der Waals surface area contributed by atoms with Gasteiger partial charge in [0, 0.05) is 6.42 Å². The molecule has 6 nitrogen and oxygen atoms in total. The van der Waals surface area contributed by atoms with E-state index >= 15 is 0 Å². The van der Waals surface area contributed by atoms with Crippen LogP contribution in [0.4, 0.5) is 0 Å². The topological polar surface area (TPSA) is 95.9 Å². The van der Waals surface area contributed by atoms with E-state index in [1.165, 1.54) is 199 Å². The second-order valence-electron chi connectivity index (χ2n) is 17.9. The number of ether oxygens (including phenoxy) is 1. The first-order valence-electron chi connectivity index (χ1n) is 25.8. The molecule has 0 aliphatic carbocycles. The number of carbonyl (C=O) groups is 2. The quantitative estimate of drug-likeness (QED) is 0.0420. The lowest BCUT2D eigenvalue weighted by atomic mass is 10.0. The minimum Gasteiger partial charge on any atom is -0.462 e. The zero-order valence-corrected chi connectivity index (χ0v) is 38.8. The average Bonchev–Trinajstić information content (AvgIpc) is 3.20. The molecule has 0 aromatic heterocycles. The van der Waals surface area contributed by atoms with E-state index in [0.29, 0.717) is 19.3 Å². The van der Waals surface area contributed by atoms with Crippen molar-refractivity contribution in [2.24, 2.45) is 0 Å². The molecule has 6 heteroatoms. The minimum absolute atomic E-state index is 0.0873. The van der Waals surface area contributed by atoms with E-state index < -0.39 is 18.2 Å². The summed E-state index contributed by atoms with van der Waals surface area (Å²) in [5, 5.41) is 23.8. The van der Waals surface area contributed by atoms with Crippen LogP contribution >= 0.6 is 0 Å². The highest BCUT2D eigenvalue weighted by atomic mass is 16.5. The van der Waals surface area contributed by atoms with E-state index in [9.17, 15) is 19.8 Å². The van der Waals surface area contributed by atoms with Crippen LogP contribution < -0.4 is 5.32 Å². The van der Waals surface area contributed by atoms with Gasteiger partial charge in [-0.05, 0) is 25.7 Å². The Kier molecular flexibility index (Phi) is 45.0. The summed E-state index contributed by atoms with van der Waals surface area (Å²) >= 11 is 0. The maximum absolute atomic E-state index is 13.2. The van der Waals surface area contributed by atoms with Gasteiger partial charge >= 0.3 is 5.97 Å². The summed E-state index contributed by atoms with van der Waals surface area (Å²) in [7, 11) is 0. The fraction of sp³-hybridized carbons (Fsp3) is 0.961. The van der Waals surface area contributed by atoms with E-state index in [1.54, 1.807) is 0 Å². The molecule has 1 amide bonds. The summed E-state index contributed by atoms with van der Waals surface area (Å²) in [6.45, 7) is 6.50. The SMILES string of the molecule is CCCCCCCCCCCCCCCCCCC(O)C(CO)NC(=O)CC(CCCCCCCCCCCCC)OC(=O)CCCCCCCCCCCCC. The molecule has 0 fully saturated rings. The van der Waals surface area contributed by atoms with Crippen molar-refractivity contribution in [2.75, 3.05) is 6.61 Å². The first-order chi connectivity index (χ1) is 28.0. The fourth-order valence-corrected chi connectivity index (χ4v) is 8.26. The Morgan fingerprint density at radius 2 is 0.737 bits per heavy atom. The van der Waals surface area contributed by atoms with Gasteiger partial charge in [0.1, 0.15) is 6.10 Å². The molecule has 3 atom stereocenters. The maximum Gasteiger partial charge on any atom is 0.306 e. The zero-order valence-electron chi connectivity index (χ0n) is 38.8. The minimum atomic E-state index is -0.778. The summed E-state index contributed by atoms with van der Waals surface area (Å²) in [6.07, 6.45) is 48.7. The van der Waals surface area contributed by atoms with E-state index in [4.69, 9.17) is 4.74 Å². The Labute approximate surface area is 356 Å². The Hall–Kier alpha value is -1.14. The first kappa shape index (κ1) is 55.9. The van der Waals surface area contributed by atoms with Gasteiger partial charge < -0.3 is 20.3 Å². The van der Waals surface area contributed by atoms with Gasteiger partial charge in [-0.1, -0.05) is 252 Å². The molecule has 3 unspecified atom stereocenters. The van der Waals surface area contributed by atoms with Crippen LogP contribution in [0.3, 0.4) is 0 Å². The van der Waals surface area contributed by atoms with Crippen LogP contribution in [0.1, 0.15) is 290 Å². The summed E-state index contributed by atoms with van der Waals surface area (Å²) < 4.78 is 5.92. The van der Waals surface area contributed by atoms with Gasteiger partial charge in [-0.3, -0.25) is 9.59 Å². The van der Waals surface area contributed by atoms with Crippen molar-refractivity contribution in [3.8, 4) is 0 Å². The molecule has 0 aromatic carbocycles. The second kappa shape index (κ2) is 45.9. The van der Waals surface area contributed by atoms with E-state index in [0.717, 1.165) is 44.9 Å². The number of esters is 1. The molecule has 0 rings (SSSR count). The van der Waals surface area contributed by atoms with E-state index in [2.05, 4.69) is 26.1 Å².